The van der Waals surface area contributed by atoms with Crippen LogP contribution in [0.15, 0.2) is 72.8 Å². The third-order valence-electron chi connectivity index (χ3n) is 6.41. The van der Waals surface area contributed by atoms with Crippen LogP contribution < -0.4 is 9.62 Å². The van der Waals surface area contributed by atoms with Crippen LogP contribution in [0.1, 0.15) is 30.5 Å². The molecule has 3 aromatic rings. The van der Waals surface area contributed by atoms with Gasteiger partial charge >= 0.3 is 0 Å². The second-order valence-corrected chi connectivity index (χ2v) is 12.9. The van der Waals surface area contributed by atoms with Crippen molar-refractivity contribution in [3.05, 3.63) is 99.5 Å². The molecule has 7 nitrogen and oxygen atoms in total. The molecular weight excluding hydrogens is 569 g/mol. The van der Waals surface area contributed by atoms with Crippen molar-refractivity contribution < 1.29 is 18.0 Å². The zero-order chi connectivity index (χ0) is 29.4. The van der Waals surface area contributed by atoms with Crippen LogP contribution in [0.25, 0.3) is 0 Å². The molecule has 10 heteroatoms. The minimum absolute atomic E-state index is 0.0781. The maximum atomic E-state index is 14.1. The van der Waals surface area contributed by atoms with Crippen LogP contribution >= 0.6 is 23.2 Å². The highest BCUT2D eigenvalue weighted by molar-refractivity contribution is 7.92. The molecule has 0 radical (unpaired) electrons. The molecule has 2 amide bonds. The number of nitrogens with one attached hydrogen (secondary N) is 1. The molecule has 0 aromatic heterocycles. The molecule has 0 aliphatic carbocycles. The van der Waals surface area contributed by atoms with Gasteiger partial charge in [0.1, 0.15) is 12.6 Å². The van der Waals surface area contributed by atoms with E-state index in [1.165, 1.54) is 4.90 Å². The zero-order valence-corrected chi connectivity index (χ0v) is 25.4. The highest BCUT2D eigenvalue weighted by atomic mass is 35.5. The summed E-state index contributed by atoms with van der Waals surface area (Å²) in [5.74, 6) is -0.640. The summed E-state index contributed by atoms with van der Waals surface area (Å²) in [5.41, 5.74) is 2.45. The Morgan fingerprint density at radius 3 is 2.15 bits per heavy atom. The minimum Gasteiger partial charge on any atom is -0.354 e. The van der Waals surface area contributed by atoms with E-state index < -0.39 is 28.5 Å². The molecular formula is C30H35Cl2N3O4S. The summed E-state index contributed by atoms with van der Waals surface area (Å²) in [6, 6.07) is 20.4. The van der Waals surface area contributed by atoms with Crippen molar-refractivity contribution in [3.8, 4) is 0 Å². The molecule has 0 spiro atoms. The van der Waals surface area contributed by atoms with Crippen LogP contribution in [0.5, 0.6) is 0 Å². The Kier molecular flexibility index (Phi) is 11.0. The number of carbonyl (C=O) groups excluding carboxylic acids is 2. The van der Waals surface area contributed by atoms with Crippen molar-refractivity contribution in [1.82, 2.24) is 10.2 Å². The lowest BCUT2D eigenvalue weighted by Crippen LogP contribution is -2.53. The topological polar surface area (TPSA) is 86.8 Å². The number of nitrogens with zero attached hydrogens (tertiary/aromatic N) is 2. The van der Waals surface area contributed by atoms with Gasteiger partial charge in [-0.1, -0.05) is 85.6 Å². The number of rotatable bonds is 12. The lowest BCUT2D eigenvalue weighted by molar-refractivity contribution is -0.140. The van der Waals surface area contributed by atoms with Crippen molar-refractivity contribution in [3.63, 3.8) is 0 Å². The molecule has 214 valence electrons. The second-order valence-electron chi connectivity index (χ2n) is 10.1. The Morgan fingerprint density at radius 2 is 1.55 bits per heavy atom. The van der Waals surface area contributed by atoms with E-state index in [9.17, 15) is 18.0 Å². The van der Waals surface area contributed by atoms with Gasteiger partial charge < -0.3 is 10.2 Å². The number of amides is 2. The molecule has 0 saturated carbocycles. The molecule has 0 aliphatic rings. The summed E-state index contributed by atoms with van der Waals surface area (Å²) in [5, 5.41) is 3.88. The van der Waals surface area contributed by atoms with E-state index in [4.69, 9.17) is 23.2 Å². The number of hydrogen-bond acceptors (Lipinski definition) is 4. The summed E-state index contributed by atoms with van der Waals surface area (Å²) >= 11 is 12.4. The first-order chi connectivity index (χ1) is 18.9. The number of sulfonamides is 1. The van der Waals surface area contributed by atoms with Crippen LogP contribution in [0, 0.1) is 12.8 Å². The average Bonchev–Trinajstić information content (AvgIpc) is 2.90. The third-order valence-corrected chi connectivity index (χ3v) is 8.20. The average molecular weight is 605 g/mol. The van der Waals surface area contributed by atoms with Gasteiger partial charge in [-0.05, 0) is 53.8 Å². The van der Waals surface area contributed by atoms with Gasteiger partial charge in [-0.3, -0.25) is 13.9 Å². The van der Waals surface area contributed by atoms with Crippen LogP contribution in [-0.2, 0) is 32.6 Å². The Bertz CT molecular complexity index is 1410. The molecule has 0 aliphatic heterocycles. The molecule has 1 atom stereocenters. The molecule has 40 heavy (non-hydrogen) atoms. The number of halogens is 2. The predicted molar refractivity (Wildman–Crippen MR) is 162 cm³/mol. The van der Waals surface area contributed by atoms with Gasteiger partial charge in [-0.25, -0.2) is 8.42 Å². The Balaban J connectivity index is 2.07. The normalized spacial score (nSPS) is 12.2. The lowest BCUT2D eigenvalue weighted by Gasteiger charge is -2.34. The fourth-order valence-electron chi connectivity index (χ4n) is 4.22. The largest absolute Gasteiger partial charge is 0.354 e. The van der Waals surface area contributed by atoms with Gasteiger partial charge in [0.15, 0.2) is 0 Å². The molecule has 1 N–H and O–H groups in total. The van der Waals surface area contributed by atoms with Gasteiger partial charge in [-0.15, -0.1) is 0 Å². The minimum atomic E-state index is -3.88. The Labute approximate surface area is 247 Å². The summed E-state index contributed by atoms with van der Waals surface area (Å²) in [4.78, 5) is 29.2. The van der Waals surface area contributed by atoms with E-state index in [-0.39, 0.29) is 24.8 Å². The molecule has 0 fully saturated rings. The van der Waals surface area contributed by atoms with E-state index in [0.717, 1.165) is 21.7 Å². The maximum Gasteiger partial charge on any atom is 0.244 e. The van der Waals surface area contributed by atoms with Gasteiger partial charge in [-0.2, -0.15) is 0 Å². The van der Waals surface area contributed by atoms with E-state index >= 15 is 0 Å². The van der Waals surface area contributed by atoms with E-state index in [2.05, 4.69) is 5.32 Å². The third kappa shape index (κ3) is 8.71. The molecule has 3 aromatic carbocycles. The number of carbonyl (C=O) groups is 2. The van der Waals surface area contributed by atoms with Crippen molar-refractivity contribution in [2.45, 2.75) is 39.8 Å². The van der Waals surface area contributed by atoms with Crippen molar-refractivity contribution in [2.24, 2.45) is 5.92 Å². The number of benzene rings is 3. The van der Waals surface area contributed by atoms with Gasteiger partial charge in [0.05, 0.1) is 11.9 Å². The summed E-state index contributed by atoms with van der Waals surface area (Å²) in [7, 11) is -3.88. The Hall–Kier alpha value is -3.07. The van der Waals surface area contributed by atoms with Gasteiger partial charge in [0, 0.05) is 29.6 Å². The Morgan fingerprint density at radius 1 is 0.900 bits per heavy atom. The fraction of sp³-hybridized carbons (Fsp3) is 0.333. The van der Waals surface area contributed by atoms with E-state index in [0.29, 0.717) is 27.8 Å². The predicted octanol–water partition coefficient (Wildman–Crippen LogP) is 5.48. The standard InChI is InChI=1S/C30H35Cl2N3O4S/c1-21(2)18-33-30(37)28(17-23-9-6-5-7-10-23)34(19-24-13-15-25(31)16-14-24)29(36)20-35(40(4,38)39)27-12-8-11-26(32)22(27)3/h5-16,21,28H,17-20H2,1-4H3,(H,33,37)/t28-/m0/s1. The summed E-state index contributed by atoms with van der Waals surface area (Å²) in [6.07, 6.45) is 1.29. The monoisotopic (exact) mass is 603 g/mol. The zero-order valence-electron chi connectivity index (χ0n) is 23.1. The van der Waals surface area contributed by atoms with Crippen LogP contribution in [0.4, 0.5) is 5.69 Å². The number of anilines is 1. The van der Waals surface area contributed by atoms with Gasteiger partial charge in [0.2, 0.25) is 21.8 Å². The number of hydrogen-bond donors (Lipinski definition) is 1. The summed E-state index contributed by atoms with van der Waals surface area (Å²) in [6.45, 7) is 5.68. The molecule has 3 rings (SSSR count). The van der Waals surface area contributed by atoms with E-state index in [1.807, 2.05) is 44.2 Å². The fourth-order valence-corrected chi connectivity index (χ4v) is 5.42. The highest BCUT2D eigenvalue weighted by Gasteiger charge is 2.33. The second kappa shape index (κ2) is 14.0. The highest BCUT2D eigenvalue weighted by Crippen LogP contribution is 2.28. The smallest absolute Gasteiger partial charge is 0.244 e. The SMILES string of the molecule is Cc1c(Cl)cccc1N(CC(=O)N(Cc1ccc(Cl)cc1)[C@@H](Cc1ccccc1)C(=O)NCC(C)C)S(C)(=O)=O. The summed E-state index contributed by atoms with van der Waals surface area (Å²) < 4.78 is 26.9. The van der Waals surface area contributed by atoms with E-state index in [1.54, 1.807) is 49.4 Å². The molecule has 0 heterocycles. The van der Waals surface area contributed by atoms with Crippen LogP contribution in [-0.4, -0.2) is 50.5 Å². The van der Waals surface area contributed by atoms with Crippen molar-refractivity contribution >= 4 is 50.7 Å². The first-order valence-electron chi connectivity index (χ1n) is 12.9. The molecule has 0 unspecified atom stereocenters. The molecule has 0 saturated heterocycles. The maximum absolute atomic E-state index is 14.1. The van der Waals surface area contributed by atoms with Crippen molar-refractivity contribution in [1.29, 1.82) is 0 Å². The quantitative estimate of drug-likeness (QED) is 0.297. The van der Waals surface area contributed by atoms with Crippen LogP contribution in [0.2, 0.25) is 10.0 Å². The van der Waals surface area contributed by atoms with Gasteiger partial charge in [0.25, 0.3) is 0 Å². The lowest BCUT2D eigenvalue weighted by atomic mass is 10.0. The van der Waals surface area contributed by atoms with Crippen LogP contribution in [0.3, 0.4) is 0 Å². The molecule has 0 bridgehead atoms. The first kappa shape index (κ1) is 31.5. The van der Waals surface area contributed by atoms with Crippen molar-refractivity contribution in [2.75, 3.05) is 23.7 Å². The first-order valence-corrected chi connectivity index (χ1v) is 15.6.